The Kier molecular flexibility index (Phi) is 5.75. The Bertz CT molecular complexity index is 358. The first kappa shape index (κ1) is 14.4. The largest absolute Gasteiger partial charge is 0.378 e. The average Bonchev–Trinajstić information content (AvgIpc) is 3.07. The molecular weight excluding hydrogens is 246 g/mol. The third-order valence-electron chi connectivity index (χ3n) is 3.14. The molecule has 0 saturated carbocycles. The van der Waals surface area contributed by atoms with Gasteiger partial charge in [-0.15, -0.1) is 5.10 Å². The van der Waals surface area contributed by atoms with Gasteiger partial charge in [0.15, 0.2) is 0 Å². The number of hydrogen-bond acceptors (Lipinski definition) is 5. The van der Waals surface area contributed by atoms with Gasteiger partial charge < -0.3 is 14.2 Å². The van der Waals surface area contributed by atoms with Crippen LogP contribution in [0.3, 0.4) is 0 Å². The van der Waals surface area contributed by atoms with Crippen LogP contribution in [0.15, 0.2) is 6.20 Å². The zero-order valence-corrected chi connectivity index (χ0v) is 11.7. The molecule has 0 bridgehead atoms. The van der Waals surface area contributed by atoms with Gasteiger partial charge in [-0.25, -0.2) is 0 Å². The van der Waals surface area contributed by atoms with Gasteiger partial charge >= 0.3 is 0 Å². The summed E-state index contributed by atoms with van der Waals surface area (Å²) in [6.45, 7) is 6.77. The summed E-state index contributed by atoms with van der Waals surface area (Å²) in [5.74, 6) is 0. The summed E-state index contributed by atoms with van der Waals surface area (Å²) in [5.41, 5.74) is 0.732. The molecule has 1 aromatic rings. The van der Waals surface area contributed by atoms with Gasteiger partial charge in [-0.3, -0.25) is 4.68 Å². The predicted octanol–water partition coefficient (Wildman–Crippen LogP) is 1.92. The fraction of sp³-hybridized carbons (Fsp3) is 0.846. The quantitative estimate of drug-likeness (QED) is 0.675. The van der Waals surface area contributed by atoms with Crippen molar-refractivity contribution in [3.63, 3.8) is 0 Å². The van der Waals surface area contributed by atoms with Crippen molar-refractivity contribution in [2.45, 2.75) is 52.0 Å². The second-order valence-corrected chi connectivity index (χ2v) is 4.57. The predicted molar refractivity (Wildman–Crippen MR) is 69.6 cm³/mol. The Morgan fingerprint density at radius 3 is 2.84 bits per heavy atom. The Labute approximate surface area is 114 Å². The molecule has 0 N–H and O–H groups in total. The lowest BCUT2D eigenvalue weighted by atomic mass is 10.2. The minimum atomic E-state index is -0.411. The van der Waals surface area contributed by atoms with E-state index in [9.17, 15) is 0 Å². The smallest absolute Gasteiger partial charge is 0.204 e. The van der Waals surface area contributed by atoms with Crippen molar-refractivity contribution in [1.29, 1.82) is 0 Å². The molecule has 6 nitrogen and oxygen atoms in total. The SMILES string of the molecule is CCOC(OCC)c1cn(CCC2CCCO2)nn1. The van der Waals surface area contributed by atoms with E-state index in [-0.39, 0.29) is 0 Å². The van der Waals surface area contributed by atoms with Crippen molar-refractivity contribution in [2.24, 2.45) is 0 Å². The van der Waals surface area contributed by atoms with Crippen molar-refractivity contribution in [3.8, 4) is 0 Å². The Morgan fingerprint density at radius 1 is 1.42 bits per heavy atom. The van der Waals surface area contributed by atoms with Gasteiger partial charge in [0.25, 0.3) is 0 Å². The van der Waals surface area contributed by atoms with Crippen molar-refractivity contribution in [3.05, 3.63) is 11.9 Å². The standard InChI is InChI=1S/C13H23N3O3/c1-3-17-13(18-4-2)12-10-16(15-14-12)8-7-11-6-5-9-19-11/h10-11,13H,3-9H2,1-2H3. The van der Waals surface area contributed by atoms with Crippen LogP contribution < -0.4 is 0 Å². The lowest BCUT2D eigenvalue weighted by Crippen LogP contribution is -2.10. The first-order valence-corrected chi connectivity index (χ1v) is 7.08. The first-order valence-electron chi connectivity index (χ1n) is 7.08. The molecule has 0 amide bonds. The van der Waals surface area contributed by atoms with Gasteiger partial charge in [-0.05, 0) is 33.1 Å². The zero-order chi connectivity index (χ0) is 13.5. The van der Waals surface area contributed by atoms with E-state index < -0.39 is 6.29 Å². The number of rotatable bonds is 8. The monoisotopic (exact) mass is 269 g/mol. The van der Waals surface area contributed by atoms with Crippen molar-refractivity contribution >= 4 is 0 Å². The Morgan fingerprint density at radius 2 is 2.21 bits per heavy atom. The summed E-state index contributed by atoms with van der Waals surface area (Å²) >= 11 is 0. The molecule has 1 aliphatic heterocycles. The van der Waals surface area contributed by atoms with Crippen LogP contribution in [0.1, 0.15) is 45.1 Å². The summed E-state index contributed by atoms with van der Waals surface area (Å²) in [5, 5.41) is 8.23. The van der Waals surface area contributed by atoms with Crippen molar-refractivity contribution < 1.29 is 14.2 Å². The maximum Gasteiger partial charge on any atom is 0.204 e. The van der Waals surface area contributed by atoms with Crippen LogP contribution in [0, 0.1) is 0 Å². The van der Waals surface area contributed by atoms with Crippen LogP contribution in [0.25, 0.3) is 0 Å². The van der Waals surface area contributed by atoms with Crippen LogP contribution in [-0.2, 0) is 20.8 Å². The maximum absolute atomic E-state index is 5.60. The third kappa shape index (κ3) is 4.26. The summed E-state index contributed by atoms with van der Waals surface area (Å²) in [6, 6.07) is 0. The molecular formula is C13H23N3O3. The van der Waals surface area contributed by atoms with Crippen molar-refractivity contribution in [2.75, 3.05) is 19.8 Å². The molecule has 0 aliphatic carbocycles. The van der Waals surface area contributed by atoms with Gasteiger partial charge in [-0.1, -0.05) is 5.21 Å². The molecule has 19 heavy (non-hydrogen) atoms. The van der Waals surface area contributed by atoms with E-state index in [0.29, 0.717) is 19.3 Å². The van der Waals surface area contributed by atoms with Gasteiger partial charge in [0.2, 0.25) is 6.29 Å². The molecule has 1 unspecified atom stereocenters. The van der Waals surface area contributed by atoms with E-state index >= 15 is 0 Å². The third-order valence-corrected chi connectivity index (χ3v) is 3.14. The minimum Gasteiger partial charge on any atom is -0.378 e. The lowest BCUT2D eigenvalue weighted by Gasteiger charge is -2.13. The summed E-state index contributed by atoms with van der Waals surface area (Å²) < 4.78 is 18.4. The van der Waals surface area contributed by atoms with Crippen molar-refractivity contribution in [1.82, 2.24) is 15.0 Å². The van der Waals surface area contributed by atoms with Gasteiger partial charge in [0.05, 0.1) is 12.3 Å². The highest BCUT2D eigenvalue weighted by atomic mass is 16.7. The zero-order valence-electron chi connectivity index (χ0n) is 11.7. The molecule has 1 atom stereocenters. The minimum absolute atomic E-state index is 0.377. The summed E-state index contributed by atoms with van der Waals surface area (Å²) in [7, 11) is 0. The second kappa shape index (κ2) is 7.57. The number of aromatic nitrogens is 3. The van der Waals surface area contributed by atoms with E-state index in [0.717, 1.165) is 31.7 Å². The molecule has 2 heterocycles. The molecule has 108 valence electrons. The van der Waals surface area contributed by atoms with Gasteiger partial charge in [0.1, 0.15) is 5.69 Å². The molecule has 0 radical (unpaired) electrons. The highest BCUT2D eigenvalue weighted by molar-refractivity contribution is 4.94. The number of aryl methyl sites for hydroxylation is 1. The number of hydrogen-bond donors (Lipinski definition) is 0. The van der Waals surface area contributed by atoms with E-state index in [1.807, 2.05) is 24.7 Å². The highest BCUT2D eigenvalue weighted by Gasteiger charge is 2.18. The second-order valence-electron chi connectivity index (χ2n) is 4.57. The van der Waals surface area contributed by atoms with Crippen LogP contribution in [-0.4, -0.2) is 40.9 Å². The van der Waals surface area contributed by atoms with Gasteiger partial charge in [-0.2, -0.15) is 0 Å². The first-order chi connectivity index (χ1) is 9.33. The fourth-order valence-corrected chi connectivity index (χ4v) is 2.20. The van der Waals surface area contributed by atoms with E-state index in [1.54, 1.807) is 0 Å². The molecule has 1 fully saturated rings. The van der Waals surface area contributed by atoms with Crippen LogP contribution >= 0.6 is 0 Å². The van der Waals surface area contributed by atoms with Gasteiger partial charge in [0, 0.05) is 26.4 Å². The van der Waals surface area contributed by atoms with E-state index in [1.165, 1.54) is 6.42 Å². The molecule has 1 aliphatic rings. The van der Waals surface area contributed by atoms with E-state index in [4.69, 9.17) is 14.2 Å². The molecule has 1 saturated heterocycles. The molecule has 2 rings (SSSR count). The highest BCUT2D eigenvalue weighted by Crippen LogP contribution is 2.18. The topological polar surface area (TPSA) is 58.4 Å². The van der Waals surface area contributed by atoms with Crippen LogP contribution in [0.4, 0.5) is 0 Å². The summed E-state index contributed by atoms with van der Waals surface area (Å²) in [4.78, 5) is 0. The molecule has 0 aromatic carbocycles. The molecule has 6 heteroatoms. The Hall–Kier alpha value is -0.980. The Balaban J connectivity index is 1.85. The lowest BCUT2D eigenvalue weighted by molar-refractivity contribution is -0.142. The molecule has 1 aromatic heterocycles. The van der Waals surface area contributed by atoms with Crippen LogP contribution in [0.2, 0.25) is 0 Å². The van der Waals surface area contributed by atoms with E-state index in [2.05, 4.69) is 10.3 Å². The van der Waals surface area contributed by atoms with Crippen LogP contribution in [0.5, 0.6) is 0 Å². The fourth-order valence-electron chi connectivity index (χ4n) is 2.20. The molecule has 0 spiro atoms. The normalized spacial score (nSPS) is 19.4. The summed E-state index contributed by atoms with van der Waals surface area (Å²) in [6.07, 6.45) is 5.17. The number of ether oxygens (including phenoxy) is 3. The maximum atomic E-state index is 5.60. The average molecular weight is 269 g/mol. The number of nitrogens with zero attached hydrogens (tertiary/aromatic N) is 3.